The lowest BCUT2D eigenvalue weighted by atomic mass is 9.83. The fourth-order valence-electron chi connectivity index (χ4n) is 2.55. The van der Waals surface area contributed by atoms with Gasteiger partial charge < -0.3 is 15.4 Å². The molecule has 2 N–H and O–H groups in total. The van der Waals surface area contributed by atoms with Crippen LogP contribution in [-0.2, 0) is 9.53 Å². The standard InChI is InChI=1S/C14H26N2O3/c1-10(2)11(15-13(18)19-4)12(17)16-14(3)8-6-5-7-9-14/h10-11H,5-9H2,1-4H3,(H,15,18)(H,16,17). The van der Waals surface area contributed by atoms with E-state index in [1.54, 1.807) is 0 Å². The molecule has 0 heterocycles. The van der Waals surface area contributed by atoms with Crippen molar-refractivity contribution < 1.29 is 14.3 Å². The first-order chi connectivity index (χ1) is 8.88. The molecule has 1 atom stereocenters. The van der Waals surface area contributed by atoms with E-state index < -0.39 is 12.1 Å². The minimum atomic E-state index is -0.567. The Morgan fingerprint density at radius 3 is 2.21 bits per heavy atom. The number of ether oxygens (including phenoxy) is 1. The fourth-order valence-corrected chi connectivity index (χ4v) is 2.55. The molecule has 19 heavy (non-hydrogen) atoms. The van der Waals surface area contributed by atoms with Gasteiger partial charge in [-0.25, -0.2) is 4.79 Å². The van der Waals surface area contributed by atoms with Gasteiger partial charge in [0.2, 0.25) is 5.91 Å². The molecule has 5 nitrogen and oxygen atoms in total. The van der Waals surface area contributed by atoms with Crippen LogP contribution >= 0.6 is 0 Å². The highest BCUT2D eigenvalue weighted by molar-refractivity contribution is 5.86. The Kier molecular flexibility index (Phi) is 5.63. The highest BCUT2D eigenvalue weighted by Crippen LogP contribution is 2.27. The summed E-state index contributed by atoms with van der Waals surface area (Å²) in [6.45, 7) is 5.90. The topological polar surface area (TPSA) is 67.4 Å². The SMILES string of the molecule is COC(=O)NC(C(=O)NC1(C)CCCCC1)C(C)C. The molecule has 1 fully saturated rings. The largest absolute Gasteiger partial charge is 0.453 e. The number of hydrogen-bond acceptors (Lipinski definition) is 3. The van der Waals surface area contributed by atoms with E-state index in [-0.39, 0.29) is 17.4 Å². The van der Waals surface area contributed by atoms with Crippen LogP contribution < -0.4 is 10.6 Å². The molecule has 5 heteroatoms. The summed E-state index contributed by atoms with van der Waals surface area (Å²) >= 11 is 0. The molecule has 0 bridgehead atoms. The zero-order chi connectivity index (χ0) is 14.5. The molecular weight excluding hydrogens is 244 g/mol. The maximum Gasteiger partial charge on any atom is 0.407 e. The number of amides is 2. The van der Waals surface area contributed by atoms with Gasteiger partial charge in [-0.3, -0.25) is 4.79 Å². The second kappa shape index (κ2) is 6.78. The average molecular weight is 270 g/mol. The average Bonchev–Trinajstić information content (AvgIpc) is 2.35. The Bertz CT molecular complexity index is 323. The van der Waals surface area contributed by atoms with E-state index in [0.29, 0.717) is 0 Å². The Morgan fingerprint density at radius 2 is 1.74 bits per heavy atom. The number of carbonyl (C=O) groups excluding carboxylic acids is 2. The van der Waals surface area contributed by atoms with Crippen molar-refractivity contribution in [2.24, 2.45) is 5.92 Å². The molecule has 0 aromatic rings. The smallest absolute Gasteiger partial charge is 0.407 e. The maximum absolute atomic E-state index is 12.3. The molecule has 0 aromatic heterocycles. The number of methoxy groups -OCH3 is 1. The van der Waals surface area contributed by atoms with Gasteiger partial charge in [0.15, 0.2) is 0 Å². The third-order valence-corrected chi connectivity index (χ3v) is 3.79. The normalized spacial score (nSPS) is 19.6. The fraction of sp³-hybridized carbons (Fsp3) is 0.857. The minimum absolute atomic E-state index is 0.0197. The van der Waals surface area contributed by atoms with Crippen LogP contribution in [0.1, 0.15) is 52.9 Å². The Morgan fingerprint density at radius 1 is 1.16 bits per heavy atom. The lowest BCUT2D eigenvalue weighted by Crippen LogP contribution is -2.56. The molecule has 1 unspecified atom stereocenters. The van der Waals surface area contributed by atoms with Crippen molar-refractivity contribution in [3.8, 4) is 0 Å². The van der Waals surface area contributed by atoms with E-state index in [9.17, 15) is 9.59 Å². The van der Waals surface area contributed by atoms with Gasteiger partial charge in [-0.05, 0) is 25.7 Å². The van der Waals surface area contributed by atoms with Gasteiger partial charge in [-0.1, -0.05) is 33.1 Å². The Hall–Kier alpha value is -1.26. The van der Waals surface area contributed by atoms with Crippen molar-refractivity contribution in [3.05, 3.63) is 0 Å². The third kappa shape index (κ3) is 4.73. The summed E-state index contributed by atoms with van der Waals surface area (Å²) in [4.78, 5) is 23.6. The van der Waals surface area contributed by atoms with Gasteiger partial charge in [0.25, 0.3) is 0 Å². The molecule has 2 amide bonds. The predicted molar refractivity (Wildman–Crippen MR) is 73.8 cm³/mol. The van der Waals surface area contributed by atoms with Crippen molar-refractivity contribution in [1.82, 2.24) is 10.6 Å². The zero-order valence-corrected chi connectivity index (χ0v) is 12.4. The first-order valence-corrected chi connectivity index (χ1v) is 7.04. The number of nitrogens with one attached hydrogen (secondary N) is 2. The Labute approximate surface area is 115 Å². The van der Waals surface area contributed by atoms with E-state index in [2.05, 4.69) is 22.3 Å². The van der Waals surface area contributed by atoms with Crippen molar-refractivity contribution >= 4 is 12.0 Å². The summed E-state index contributed by atoms with van der Waals surface area (Å²) in [5.41, 5.74) is -0.139. The second-order valence-corrected chi connectivity index (χ2v) is 5.97. The molecule has 1 aliphatic rings. The molecule has 0 aliphatic heterocycles. The molecule has 1 rings (SSSR count). The minimum Gasteiger partial charge on any atom is -0.453 e. The van der Waals surface area contributed by atoms with E-state index in [1.165, 1.54) is 13.5 Å². The molecule has 110 valence electrons. The van der Waals surface area contributed by atoms with Crippen LogP contribution in [-0.4, -0.2) is 30.7 Å². The Balaban J connectivity index is 2.63. The van der Waals surface area contributed by atoms with Crippen LogP contribution in [0.15, 0.2) is 0 Å². The van der Waals surface area contributed by atoms with Crippen LogP contribution in [0.5, 0.6) is 0 Å². The van der Waals surface area contributed by atoms with E-state index in [1.807, 2.05) is 13.8 Å². The molecule has 1 saturated carbocycles. The quantitative estimate of drug-likeness (QED) is 0.823. The second-order valence-electron chi connectivity index (χ2n) is 5.97. The number of alkyl carbamates (subject to hydrolysis) is 1. The first kappa shape index (κ1) is 15.8. The van der Waals surface area contributed by atoms with E-state index >= 15 is 0 Å². The zero-order valence-electron chi connectivity index (χ0n) is 12.4. The molecular formula is C14H26N2O3. The van der Waals surface area contributed by atoms with Gasteiger partial charge in [-0.2, -0.15) is 0 Å². The first-order valence-electron chi connectivity index (χ1n) is 7.04. The van der Waals surface area contributed by atoms with Gasteiger partial charge in [0, 0.05) is 5.54 Å². The molecule has 1 aliphatic carbocycles. The predicted octanol–water partition coefficient (Wildman–Crippen LogP) is 2.21. The number of carbonyl (C=O) groups is 2. The third-order valence-electron chi connectivity index (χ3n) is 3.79. The van der Waals surface area contributed by atoms with Gasteiger partial charge in [-0.15, -0.1) is 0 Å². The van der Waals surface area contributed by atoms with Crippen LogP contribution in [0.25, 0.3) is 0 Å². The van der Waals surface area contributed by atoms with Crippen molar-refractivity contribution in [1.29, 1.82) is 0 Å². The van der Waals surface area contributed by atoms with Crippen LogP contribution in [0.3, 0.4) is 0 Å². The van der Waals surface area contributed by atoms with Gasteiger partial charge in [0.05, 0.1) is 7.11 Å². The summed E-state index contributed by atoms with van der Waals surface area (Å²) in [7, 11) is 1.30. The highest BCUT2D eigenvalue weighted by Gasteiger charge is 2.32. The van der Waals surface area contributed by atoms with Crippen molar-refractivity contribution in [2.45, 2.75) is 64.5 Å². The summed E-state index contributed by atoms with van der Waals surface area (Å²) in [5, 5.41) is 5.70. The van der Waals surface area contributed by atoms with Gasteiger partial charge >= 0.3 is 6.09 Å². The molecule has 0 aromatic carbocycles. The maximum atomic E-state index is 12.3. The summed E-state index contributed by atoms with van der Waals surface area (Å²) in [5.74, 6) is -0.101. The highest BCUT2D eigenvalue weighted by atomic mass is 16.5. The summed E-state index contributed by atoms with van der Waals surface area (Å²) in [6, 6.07) is -0.550. The number of hydrogen-bond donors (Lipinski definition) is 2. The van der Waals surface area contributed by atoms with Crippen molar-refractivity contribution in [3.63, 3.8) is 0 Å². The lowest BCUT2D eigenvalue weighted by molar-refractivity contribution is -0.126. The summed E-state index contributed by atoms with van der Waals surface area (Å²) in [6.07, 6.45) is 4.96. The number of rotatable bonds is 4. The summed E-state index contributed by atoms with van der Waals surface area (Å²) < 4.78 is 4.57. The van der Waals surface area contributed by atoms with Crippen LogP contribution in [0.2, 0.25) is 0 Å². The monoisotopic (exact) mass is 270 g/mol. The van der Waals surface area contributed by atoms with E-state index in [0.717, 1.165) is 25.7 Å². The molecule has 0 spiro atoms. The van der Waals surface area contributed by atoms with Crippen molar-refractivity contribution in [2.75, 3.05) is 7.11 Å². The van der Waals surface area contributed by atoms with Crippen LogP contribution in [0.4, 0.5) is 4.79 Å². The van der Waals surface area contributed by atoms with Crippen LogP contribution in [0, 0.1) is 5.92 Å². The molecule has 0 radical (unpaired) electrons. The molecule has 0 saturated heterocycles. The van der Waals surface area contributed by atoms with E-state index in [4.69, 9.17) is 0 Å². The lowest BCUT2D eigenvalue weighted by Gasteiger charge is -2.36. The van der Waals surface area contributed by atoms with Gasteiger partial charge in [0.1, 0.15) is 6.04 Å².